The lowest BCUT2D eigenvalue weighted by molar-refractivity contribution is 0.0112. The molecule has 2 aliphatic heterocycles. The van der Waals surface area contributed by atoms with E-state index in [9.17, 15) is 0 Å². The summed E-state index contributed by atoms with van der Waals surface area (Å²) in [4.78, 5) is 6.94. The molecule has 0 saturated carbocycles. The Labute approximate surface area is 126 Å². The maximum atomic E-state index is 5.77. The van der Waals surface area contributed by atoms with Crippen LogP contribution in [-0.4, -0.2) is 54.1 Å². The van der Waals surface area contributed by atoms with Crippen LogP contribution in [0.1, 0.15) is 44.3 Å². The van der Waals surface area contributed by atoms with E-state index in [4.69, 9.17) is 4.74 Å². The first-order chi connectivity index (χ1) is 10.3. The fourth-order valence-corrected chi connectivity index (χ4v) is 3.24. The Morgan fingerprint density at radius 3 is 2.86 bits per heavy atom. The predicted molar refractivity (Wildman–Crippen MR) is 82.6 cm³/mol. The van der Waals surface area contributed by atoms with Gasteiger partial charge in [0.2, 0.25) is 5.95 Å². The van der Waals surface area contributed by atoms with E-state index in [2.05, 4.69) is 25.4 Å². The molecule has 1 unspecified atom stereocenters. The first kappa shape index (κ1) is 14.8. The second kappa shape index (κ2) is 7.22. The van der Waals surface area contributed by atoms with Crippen LogP contribution in [0, 0.1) is 0 Å². The van der Waals surface area contributed by atoms with Crippen LogP contribution in [0.4, 0.5) is 5.95 Å². The fourth-order valence-electron chi connectivity index (χ4n) is 3.24. The van der Waals surface area contributed by atoms with Crippen molar-refractivity contribution in [1.82, 2.24) is 20.5 Å². The minimum Gasteiger partial charge on any atom is -0.378 e. The van der Waals surface area contributed by atoms with E-state index in [1.165, 1.54) is 19.3 Å². The summed E-state index contributed by atoms with van der Waals surface area (Å²) in [5.41, 5.74) is 0. The molecule has 0 bridgehead atoms. The van der Waals surface area contributed by atoms with Crippen LogP contribution in [0.25, 0.3) is 0 Å². The fraction of sp³-hybridized carbons (Fsp3) is 0.867. The number of ether oxygens (including phenoxy) is 1. The van der Waals surface area contributed by atoms with Crippen molar-refractivity contribution in [2.24, 2.45) is 0 Å². The summed E-state index contributed by atoms with van der Waals surface area (Å²) in [6.45, 7) is 3.00. The average Bonchev–Trinajstić information content (AvgIpc) is 3.03. The largest absolute Gasteiger partial charge is 0.378 e. The number of aryl methyl sites for hydroxylation is 1. The SMILES string of the molecule is CNC1CCN(c2n[nH]c(CCC3CCCCO3)n2)CC1. The third kappa shape index (κ3) is 3.95. The number of anilines is 1. The van der Waals surface area contributed by atoms with Gasteiger partial charge in [0, 0.05) is 32.2 Å². The summed E-state index contributed by atoms with van der Waals surface area (Å²) in [5, 5.41) is 10.8. The highest BCUT2D eigenvalue weighted by Crippen LogP contribution is 2.19. The Bertz CT molecular complexity index is 421. The smallest absolute Gasteiger partial charge is 0.244 e. The van der Waals surface area contributed by atoms with Crippen LogP contribution in [0.2, 0.25) is 0 Å². The Morgan fingerprint density at radius 1 is 1.29 bits per heavy atom. The molecular formula is C15H27N5O. The second-order valence-electron chi connectivity index (χ2n) is 6.16. The van der Waals surface area contributed by atoms with Crippen LogP contribution in [-0.2, 0) is 11.2 Å². The Hall–Kier alpha value is -1.14. The van der Waals surface area contributed by atoms with Crippen molar-refractivity contribution in [3.8, 4) is 0 Å². The standard InChI is InChI=1S/C15H27N5O/c1-16-12-7-9-20(10-8-12)15-17-14(18-19-15)6-5-13-4-2-3-11-21-13/h12-13,16H,2-11H2,1H3,(H,17,18,19). The quantitative estimate of drug-likeness (QED) is 0.861. The van der Waals surface area contributed by atoms with E-state index in [1.807, 2.05) is 7.05 Å². The Kier molecular flexibility index (Phi) is 5.08. The highest BCUT2D eigenvalue weighted by atomic mass is 16.5. The topological polar surface area (TPSA) is 66.1 Å². The zero-order valence-electron chi connectivity index (χ0n) is 13.0. The molecule has 0 aliphatic carbocycles. The number of hydrogen-bond donors (Lipinski definition) is 2. The summed E-state index contributed by atoms with van der Waals surface area (Å²) in [5.74, 6) is 1.86. The number of piperidine rings is 1. The van der Waals surface area contributed by atoms with Crippen molar-refractivity contribution < 1.29 is 4.74 Å². The number of rotatable bonds is 5. The van der Waals surface area contributed by atoms with Crippen molar-refractivity contribution in [2.45, 2.75) is 57.1 Å². The molecule has 21 heavy (non-hydrogen) atoms. The number of H-pyrrole nitrogens is 1. The van der Waals surface area contributed by atoms with Crippen molar-refractivity contribution in [2.75, 3.05) is 31.6 Å². The lowest BCUT2D eigenvalue weighted by Gasteiger charge is -2.30. The first-order valence-electron chi connectivity index (χ1n) is 8.30. The van der Waals surface area contributed by atoms with Crippen molar-refractivity contribution in [3.63, 3.8) is 0 Å². The first-order valence-corrected chi connectivity index (χ1v) is 8.30. The van der Waals surface area contributed by atoms with Crippen LogP contribution >= 0.6 is 0 Å². The van der Waals surface area contributed by atoms with Crippen molar-refractivity contribution >= 4 is 5.95 Å². The van der Waals surface area contributed by atoms with Gasteiger partial charge in [-0.3, -0.25) is 5.10 Å². The molecule has 1 aromatic rings. The van der Waals surface area contributed by atoms with Gasteiger partial charge in [-0.25, -0.2) is 0 Å². The molecule has 118 valence electrons. The second-order valence-corrected chi connectivity index (χ2v) is 6.16. The van der Waals surface area contributed by atoms with E-state index in [-0.39, 0.29) is 0 Å². The normalized spacial score (nSPS) is 24.4. The van der Waals surface area contributed by atoms with E-state index >= 15 is 0 Å². The lowest BCUT2D eigenvalue weighted by Crippen LogP contribution is -2.41. The van der Waals surface area contributed by atoms with Gasteiger partial charge in [0.1, 0.15) is 5.82 Å². The Balaban J connectivity index is 1.47. The van der Waals surface area contributed by atoms with Crippen molar-refractivity contribution in [3.05, 3.63) is 5.82 Å². The van der Waals surface area contributed by atoms with E-state index in [1.54, 1.807) is 0 Å². The minimum absolute atomic E-state index is 0.415. The van der Waals surface area contributed by atoms with Gasteiger partial charge in [-0.05, 0) is 45.6 Å². The minimum atomic E-state index is 0.415. The number of aromatic nitrogens is 3. The van der Waals surface area contributed by atoms with Gasteiger partial charge in [-0.15, -0.1) is 5.10 Å². The molecule has 0 radical (unpaired) electrons. The third-order valence-electron chi connectivity index (χ3n) is 4.68. The zero-order chi connectivity index (χ0) is 14.5. The molecule has 0 amide bonds. The molecule has 3 rings (SSSR count). The summed E-state index contributed by atoms with van der Waals surface area (Å²) in [6, 6.07) is 0.642. The average molecular weight is 293 g/mol. The zero-order valence-corrected chi connectivity index (χ0v) is 13.0. The van der Waals surface area contributed by atoms with E-state index in [0.29, 0.717) is 12.1 Å². The highest BCUT2D eigenvalue weighted by molar-refractivity contribution is 5.29. The van der Waals surface area contributed by atoms with Gasteiger partial charge in [0.15, 0.2) is 0 Å². The molecule has 3 heterocycles. The molecule has 6 nitrogen and oxygen atoms in total. The van der Waals surface area contributed by atoms with Gasteiger partial charge in [-0.1, -0.05) is 0 Å². The lowest BCUT2D eigenvalue weighted by atomic mass is 10.0. The Morgan fingerprint density at radius 2 is 2.14 bits per heavy atom. The van der Waals surface area contributed by atoms with Gasteiger partial charge in [-0.2, -0.15) is 4.98 Å². The van der Waals surface area contributed by atoms with Gasteiger partial charge in [0.25, 0.3) is 0 Å². The predicted octanol–water partition coefficient (Wildman–Crippen LogP) is 1.49. The number of nitrogens with one attached hydrogen (secondary N) is 2. The number of nitrogens with zero attached hydrogens (tertiary/aromatic N) is 3. The molecular weight excluding hydrogens is 266 g/mol. The molecule has 2 N–H and O–H groups in total. The molecule has 0 spiro atoms. The van der Waals surface area contributed by atoms with Crippen molar-refractivity contribution in [1.29, 1.82) is 0 Å². The summed E-state index contributed by atoms with van der Waals surface area (Å²) >= 11 is 0. The van der Waals surface area contributed by atoms with Crippen LogP contribution in [0.15, 0.2) is 0 Å². The maximum Gasteiger partial charge on any atom is 0.244 e. The molecule has 2 aliphatic rings. The summed E-state index contributed by atoms with van der Waals surface area (Å²) in [6.07, 6.45) is 8.43. The third-order valence-corrected chi connectivity index (χ3v) is 4.68. The molecule has 2 fully saturated rings. The van der Waals surface area contributed by atoms with Crippen LogP contribution in [0.3, 0.4) is 0 Å². The monoisotopic (exact) mass is 293 g/mol. The molecule has 2 saturated heterocycles. The number of hydrogen-bond acceptors (Lipinski definition) is 5. The van der Waals surface area contributed by atoms with Gasteiger partial charge in [0.05, 0.1) is 6.10 Å². The maximum absolute atomic E-state index is 5.77. The molecule has 0 aromatic carbocycles. The van der Waals surface area contributed by atoms with Gasteiger partial charge >= 0.3 is 0 Å². The van der Waals surface area contributed by atoms with Gasteiger partial charge < -0.3 is 15.0 Å². The molecule has 1 aromatic heterocycles. The van der Waals surface area contributed by atoms with Crippen LogP contribution in [0.5, 0.6) is 0 Å². The molecule has 1 atom stereocenters. The van der Waals surface area contributed by atoms with Crippen LogP contribution < -0.4 is 10.2 Å². The highest BCUT2D eigenvalue weighted by Gasteiger charge is 2.21. The summed E-state index contributed by atoms with van der Waals surface area (Å²) in [7, 11) is 2.04. The van der Waals surface area contributed by atoms with E-state index in [0.717, 1.165) is 57.2 Å². The molecule has 6 heteroatoms. The summed E-state index contributed by atoms with van der Waals surface area (Å²) < 4.78 is 5.77. The number of aromatic amines is 1. The van der Waals surface area contributed by atoms with E-state index < -0.39 is 0 Å².